The lowest BCUT2D eigenvalue weighted by atomic mass is 9.66. The van der Waals surface area contributed by atoms with Crippen molar-refractivity contribution in [2.45, 2.75) is 39.5 Å². The van der Waals surface area contributed by atoms with Gasteiger partial charge in [-0.05, 0) is 33.1 Å². The van der Waals surface area contributed by atoms with Gasteiger partial charge in [-0.15, -0.1) is 6.58 Å². The second-order valence-corrected chi connectivity index (χ2v) is 5.72. The maximum atomic E-state index is 13.0. The van der Waals surface area contributed by atoms with E-state index < -0.39 is 22.8 Å². The lowest BCUT2D eigenvalue weighted by Crippen LogP contribution is -2.50. The number of ether oxygens (including phenoxy) is 2. The van der Waals surface area contributed by atoms with Gasteiger partial charge in [-0.3, -0.25) is 14.4 Å². The molecular formula is C16H22O5. The number of carbonyl (C=O) groups is 3. The molecule has 2 aliphatic rings. The average Bonchev–Trinajstić information content (AvgIpc) is 2.61. The number of esters is 2. The number of ketones is 1. The summed E-state index contributed by atoms with van der Waals surface area (Å²) in [6, 6.07) is 0. The molecule has 0 radical (unpaired) electrons. The Morgan fingerprint density at radius 2 is 1.86 bits per heavy atom. The Morgan fingerprint density at radius 1 is 1.24 bits per heavy atom. The zero-order valence-corrected chi connectivity index (χ0v) is 12.6. The molecule has 0 saturated heterocycles. The number of rotatable bonds is 5. The van der Waals surface area contributed by atoms with E-state index in [9.17, 15) is 14.4 Å². The SMILES string of the molecule is C=C[C@@H]1C[C@@]2(C(=O)OCC)CCC[C@]1(C(=O)OCC)C2=O. The number of hydrogen-bond acceptors (Lipinski definition) is 5. The van der Waals surface area contributed by atoms with Crippen molar-refractivity contribution >= 4 is 17.7 Å². The normalized spacial score (nSPS) is 34.4. The third-order valence-corrected chi connectivity index (χ3v) is 4.81. The van der Waals surface area contributed by atoms with Crippen molar-refractivity contribution in [3.8, 4) is 0 Å². The van der Waals surface area contributed by atoms with Crippen LogP contribution in [0.2, 0.25) is 0 Å². The Kier molecular flexibility index (Phi) is 4.21. The predicted molar refractivity (Wildman–Crippen MR) is 75.3 cm³/mol. The van der Waals surface area contributed by atoms with Crippen LogP contribution in [0.4, 0.5) is 0 Å². The first-order valence-electron chi connectivity index (χ1n) is 7.51. The van der Waals surface area contributed by atoms with Gasteiger partial charge in [0.2, 0.25) is 0 Å². The van der Waals surface area contributed by atoms with Gasteiger partial charge in [0.15, 0.2) is 5.78 Å². The molecule has 0 aromatic carbocycles. The summed E-state index contributed by atoms with van der Waals surface area (Å²) in [7, 11) is 0. The van der Waals surface area contributed by atoms with Crippen LogP contribution in [0.15, 0.2) is 12.7 Å². The van der Waals surface area contributed by atoms with Gasteiger partial charge in [0.25, 0.3) is 0 Å². The minimum absolute atomic E-state index is 0.212. The van der Waals surface area contributed by atoms with E-state index in [1.165, 1.54) is 0 Å². The summed E-state index contributed by atoms with van der Waals surface area (Å²) < 4.78 is 10.2. The van der Waals surface area contributed by atoms with Crippen molar-refractivity contribution < 1.29 is 23.9 Å². The van der Waals surface area contributed by atoms with Crippen LogP contribution in [-0.2, 0) is 23.9 Å². The first-order chi connectivity index (χ1) is 9.99. The molecule has 5 nitrogen and oxygen atoms in total. The van der Waals surface area contributed by atoms with Crippen LogP contribution >= 0.6 is 0 Å². The predicted octanol–water partition coefficient (Wildman–Crippen LogP) is 2.04. The van der Waals surface area contributed by atoms with E-state index >= 15 is 0 Å². The third-order valence-electron chi connectivity index (χ3n) is 4.81. The van der Waals surface area contributed by atoms with E-state index in [0.717, 1.165) is 0 Å². The molecule has 2 saturated carbocycles. The van der Waals surface area contributed by atoms with E-state index in [0.29, 0.717) is 25.7 Å². The van der Waals surface area contributed by atoms with E-state index in [2.05, 4.69) is 6.58 Å². The smallest absolute Gasteiger partial charge is 0.320 e. The summed E-state index contributed by atoms with van der Waals surface area (Å²) in [5.41, 5.74) is -2.44. The molecule has 21 heavy (non-hydrogen) atoms. The standard InChI is InChI=1S/C16H22O5/c1-4-11-10-15(13(18)20-5-2)8-7-9-16(11,12(15)17)14(19)21-6-3/h4,11H,1,5-10H2,2-3H3/t11-,15+,16-/m1/s1. The van der Waals surface area contributed by atoms with Gasteiger partial charge >= 0.3 is 11.9 Å². The Balaban J connectivity index is 2.46. The van der Waals surface area contributed by atoms with Crippen LogP contribution in [0.3, 0.4) is 0 Å². The van der Waals surface area contributed by atoms with Crippen LogP contribution in [0.1, 0.15) is 39.5 Å². The Morgan fingerprint density at radius 3 is 2.43 bits per heavy atom. The lowest BCUT2D eigenvalue weighted by Gasteiger charge is -2.35. The van der Waals surface area contributed by atoms with Crippen molar-refractivity contribution in [3.63, 3.8) is 0 Å². The number of carbonyl (C=O) groups excluding carboxylic acids is 3. The topological polar surface area (TPSA) is 69.7 Å². The van der Waals surface area contributed by atoms with Crippen LogP contribution < -0.4 is 0 Å². The molecule has 2 rings (SSSR count). The summed E-state index contributed by atoms with van der Waals surface area (Å²) in [6.07, 6.45) is 3.40. The minimum Gasteiger partial charge on any atom is -0.465 e. The molecule has 0 aliphatic heterocycles. The second-order valence-electron chi connectivity index (χ2n) is 5.72. The average molecular weight is 294 g/mol. The van der Waals surface area contributed by atoms with Gasteiger partial charge in [0, 0.05) is 5.92 Å². The van der Waals surface area contributed by atoms with Crippen molar-refractivity contribution in [1.29, 1.82) is 0 Å². The molecule has 2 fully saturated rings. The van der Waals surface area contributed by atoms with E-state index in [1.54, 1.807) is 19.9 Å². The number of allylic oxidation sites excluding steroid dienone is 1. The molecule has 2 bridgehead atoms. The fraction of sp³-hybridized carbons (Fsp3) is 0.688. The highest BCUT2D eigenvalue weighted by atomic mass is 16.5. The summed E-state index contributed by atoms with van der Waals surface area (Å²) in [5.74, 6) is -1.72. The molecule has 0 aromatic rings. The van der Waals surface area contributed by atoms with E-state index in [1.807, 2.05) is 0 Å². The monoisotopic (exact) mass is 294 g/mol. The summed E-state index contributed by atoms with van der Waals surface area (Å²) in [5, 5.41) is 0. The highest BCUT2D eigenvalue weighted by Crippen LogP contribution is 2.60. The molecule has 0 unspecified atom stereocenters. The molecule has 0 heterocycles. The number of fused-ring (bicyclic) bond motifs is 2. The highest BCUT2D eigenvalue weighted by Gasteiger charge is 2.70. The molecule has 116 valence electrons. The molecule has 0 aromatic heterocycles. The maximum absolute atomic E-state index is 13.0. The zero-order valence-electron chi connectivity index (χ0n) is 12.6. The molecule has 0 spiro atoms. The van der Waals surface area contributed by atoms with E-state index in [-0.39, 0.29) is 24.9 Å². The lowest BCUT2D eigenvalue weighted by molar-refractivity contribution is -0.169. The zero-order chi connectivity index (χ0) is 15.7. The van der Waals surface area contributed by atoms with E-state index in [4.69, 9.17) is 9.47 Å². The minimum atomic E-state index is -1.25. The van der Waals surface area contributed by atoms with Crippen molar-refractivity contribution in [2.24, 2.45) is 16.7 Å². The van der Waals surface area contributed by atoms with Gasteiger partial charge in [0.1, 0.15) is 10.8 Å². The van der Waals surface area contributed by atoms with Crippen molar-refractivity contribution in [1.82, 2.24) is 0 Å². The van der Waals surface area contributed by atoms with Crippen molar-refractivity contribution in [3.05, 3.63) is 12.7 Å². The molecule has 3 atom stereocenters. The largest absolute Gasteiger partial charge is 0.465 e. The molecular weight excluding hydrogens is 272 g/mol. The molecule has 2 aliphatic carbocycles. The fourth-order valence-corrected chi connectivity index (χ4v) is 3.86. The first kappa shape index (κ1) is 15.7. The quantitative estimate of drug-likeness (QED) is 0.441. The van der Waals surface area contributed by atoms with Gasteiger partial charge in [0.05, 0.1) is 13.2 Å². The Labute approximate surface area is 124 Å². The van der Waals surface area contributed by atoms with Crippen LogP contribution in [0.5, 0.6) is 0 Å². The third kappa shape index (κ3) is 2.01. The van der Waals surface area contributed by atoms with Crippen molar-refractivity contribution in [2.75, 3.05) is 13.2 Å². The summed E-state index contributed by atoms with van der Waals surface area (Å²) in [4.78, 5) is 37.8. The molecule has 5 heteroatoms. The van der Waals surface area contributed by atoms with Crippen LogP contribution in [0, 0.1) is 16.7 Å². The van der Waals surface area contributed by atoms with Gasteiger partial charge in [-0.25, -0.2) is 0 Å². The maximum Gasteiger partial charge on any atom is 0.320 e. The molecule has 0 amide bonds. The van der Waals surface area contributed by atoms with Gasteiger partial charge in [-0.2, -0.15) is 0 Å². The summed E-state index contributed by atoms with van der Waals surface area (Å²) in [6.45, 7) is 7.60. The second kappa shape index (κ2) is 5.62. The number of hydrogen-bond donors (Lipinski definition) is 0. The molecule has 0 N–H and O–H groups in total. The highest BCUT2D eigenvalue weighted by molar-refractivity contribution is 6.17. The first-order valence-corrected chi connectivity index (χ1v) is 7.51. The van der Waals surface area contributed by atoms with Crippen LogP contribution in [0.25, 0.3) is 0 Å². The Hall–Kier alpha value is -1.65. The summed E-state index contributed by atoms with van der Waals surface area (Å²) >= 11 is 0. The van der Waals surface area contributed by atoms with Crippen LogP contribution in [-0.4, -0.2) is 30.9 Å². The fourth-order valence-electron chi connectivity index (χ4n) is 3.86. The number of Topliss-reactive ketones (excluding diaryl/α,β-unsaturated/α-hetero) is 1. The van der Waals surface area contributed by atoms with Gasteiger partial charge in [-0.1, -0.05) is 12.5 Å². The van der Waals surface area contributed by atoms with Gasteiger partial charge < -0.3 is 9.47 Å². The Bertz CT molecular complexity index is 483.